The summed E-state index contributed by atoms with van der Waals surface area (Å²) < 4.78 is 13.4. The number of nitrogens with zero attached hydrogens (tertiary/aromatic N) is 1. The van der Waals surface area contributed by atoms with Crippen LogP contribution < -0.4 is 5.32 Å². The number of benzene rings is 1. The minimum atomic E-state index is -0.792. The number of terminal acetylenes is 1. The molecule has 1 amide bonds. The van der Waals surface area contributed by atoms with Crippen molar-refractivity contribution in [2.75, 3.05) is 18.1 Å². The molecule has 0 saturated carbocycles. The molecule has 0 aliphatic carbocycles. The highest BCUT2D eigenvalue weighted by atomic mass is 32.2. The van der Waals surface area contributed by atoms with Gasteiger partial charge >= 0.3 is 0 Å². The van der Waals surface area contributed by atoms with E-state index < -0.39 is 16.6 Å². The van der Waals surface area contributed by atoms with Crippen LogP contribution in [0.5, 0.6) is 0 Å². The zero-order valence-corrected chi connectivity index (χ0v) is 10.7. The third-order valence-electron chi connectivity index (χ3n) is 2.12. The Labute approximate surface area is 113 Å². The van der Waals surface area contributed by atoms with Crippen molar-refractivity contribution in [2.45, 2.75) is 0 Å². The average Bonchev–Trinajstić information content (AvgIpc) is 2.38. The van der Waals surface area contributed by atoms with E-state index in [4.69, 9.17) is 6.42 Å². The maximum Gasteiger partial charge on any atom is 0.270 e. The van der Waals surface area contributed by atoms with Gasteiger partial charge in [-0.15, -0.1) is 18.2 Å². The van der Waals surface area contributed by atoms with Crippen LogP contribution in [0.2, 0.25) is 0 Å². The molecule has 100 valence electrons. The van der Waals surface area contributed by atoms with Gasteiger partial charge in [0.1, 0.15) is 5.82 Å². The first-order valence-electron chi connectivity index (χ1n) is 5.29. The highest BCUT2D eigenvalue weighted by molar-refractivity contribution is 7.99. The number of halogens is 1. The Bertz CT molecular complexity index is 528. The molecule has 0 aromatic heterocycles. The lowest BCUT2D eigenvalue weighted by Gasteiger charge is -2.05. The fourth-order valence-electron chi connectivity index (χ4n) is 1.26. The molecule has 1 N–H and O–H groups in total. The zero-order valence-electron chi connectivity index (χ0n) is 9.89. The fraction of sp³-hybridized carbons (Fsp3) is 0.250. The molecule has 0 heterocycles. The number of nitrogens with one attached hydrogen (secondary N) is 1. The smallest absolute Gasteiger partial charge is 0.270 e. The number of carbonyl (C=O) groups is 1. The van der Waals surface area contributed by atoms with Crippen LogP contribution in [0, 0.1) is 28.3 Å². The first-order valence-corrected chi connectivity index (χ1v) is 6.45. The summed E-state index contributed by atoms with van der Waals surface area (Å²) >= 11 is 1.45. The van der Waals surface area contributed by atoms with Crippen molar-refractivity contribution in [3.63, 3.8) is 0 Å². The molecule has 0 spiro atoms. The number of nitro groups is 1. The van der Waals surface area contributed by atoms with E-state index in [1.54, 1.807) is 0 Å². The summed E-state index contributed by atoms with van der Waals surface area (Å²) in [4.78, 5) is 21.5. The predicted octanol–water partition coefficient (Wildman–Crippen LogP) is 1.83. The van der Waals surface area contributed by atoms with Crippen molar-refractivity contribution >= 4 is 23.4 Å². The first-order chi connectivity index (χ1) is 9.06. The van der Waals surface area contributed by atoms with E-state index >= 15 is 0 Å². The normalized spacial score (nSPS) is 9.68. The number of nitro benzene ring substituents is 1. The van der Waals surface area contributed by atoms with Gasteiger partial charge in [-0.25, -0.2) is 4.39 Å². The van der Waals surface area contributed by atoms with Gasteiger partial charge in [-0.3, -0.25) is 14.9 Å². The number of hydrogen-bond donors (Lipinski definition) is 1. The molecule has 0 saturated heterocycles. The molecule has 0 aliphatic heterocycles. The van der Waals surface area contributed by atoms with Gasteiger partial charge in [0.05, 0.1) is 16.2 Å². The summed E-state index contributed by atoms with van der Waals surface area (Å²) in [6, 6.07) is 2.83. The Morgan fingerprint density at radius 2 is 2.32 bits per heavy atom. The van der Waals surface area contributed by atoms with Crippen molar-refractivity contribution in [1.29, 1.82) is 0 Å². The van der Waals surface area contributed by atoms with Gasteiger partial charge in [-0.2, -0.15) is 0 Å². The Morgan fingerprint density at radius 3 is 2.95 bits per heavy atom. The molecule has 7 heteroatoms. The molecule has 1 aromatic carbocycles. The van der Waals surface area contributed by atoms with Crippen LogP contribution in [0.15, 0.2) is 18.2 Å². The second-order valence-electron chi connectivity index (χ2n) is 3.43. The SMILES string of the molecule is C#CCSCCNC(=O)c1cc([N+](=O)[O-])ccc1F. The quantitative estimate of drug-likeness (QED) is 0.374. The third kappa shape index (κ3) is 4.60. The van der Waals surface area contributed by atoms with Crippen molar-refractivity contribution in [3.8, 4) is 12.3 Å². The molecule has 19 heavy (non-hydrogen) atoms. The van der Waals surface area contributed by atoms with Gasteiger partial charge in [0.2, 0.25) is 0 Å². The standard InChI is InChI=1S/C12H11FN2O3S/c1-2-6-19-7-5-14-12(16)10-8-9(15(17)18)3-4-11(10)13/h1,3-4,8H,5-7H2,(H,14,16). The topological polar surface area (TPSA) is 72.2 Å². The van der Waals surface area contributed by atoms with Crippen molar-refractivity contribution in [3.05, 3.63) is 39.7 Å². The van der Waals surface area contributed by atoms with Crippen molar-refractivity contribution in [1.82, 2.24) is 5.32 Å². The lowest BCUT2D eigenvalue weighted by atomic mass is 10.2. The monoisotopic (exact) mass is 282 g/mol. The lowest BCUT2D eigenvalue weighted by molar-refractivity contribution is -0.384. The van der Waals surface area contributed by atoms with Crippen molar-refractivity contribution < 1.29 is 14.1 Å². The number of rotatable bonds is 6. The van der Waals surface area contributed by atoms with Gasteiger partial charge in [0.25, 0.3) is 11.6 Å². The Kier molecular flexibility index (Phi) is 5.82. The van der Waals surface area contributed by atoms with E-state index in [-0.39, 0.29) is 11.3 Å². The minimum Gasteiger partial charge on any atom is -0.351 e. The Balaban J connectivity index is 2.64. The van der Waals surface area contributed by atoms with E-state index in [9.17, 15) is 19.3 Å². The molecule has 0 unspecified atom stereocenters. The van der Waals surface area contributed by atoms with E-state index in [0.717, 1.165) is 18.2 Å². The van der Waals surface area contributed by atoms with Crippen LogP contribution >= 0.6 is 11.8 Å². The number of thioether (sulfide) groups is 1. The molecule has 0 bridgehead atoms. The maximum absolute atomic E-state index is 13.4. The fourth-order valence-corrected chi connectivity index (χ4v) is 1.77. The number of hydrogen-bond acceptors (Lipinski definition) is 4. The Morgan fingerprint density at radius 1 is 1.58 bits per heavy atom. The van der Waals surface area contributed by atoms with E-state index in [1.807, 2.05) is 0 Å². The predicted molar refractivity (Wildman–Crippen MR) is 71.5 cm³/mol. The largest absolute Gasteiger partial charge is 0.351 e. The molecule has 1 aromatic rings. The average molecular weight is 282 g/mol. The Hall–Kier alpha value is -2.07. The summed E-state index contributed by atoms with van der Waals surface area (Å²) in [7, 11) is 0. The van der Waals surface area contributed by atoms with Crippen LogP contribution in [0.1, 0.15) is 10.4 Å². The third-order valence-corrected chi connectivity index (χ3v) is 2.99. The second kappa shape index (κ2) is 7.38. The van der Waals surface area contributed by atoms with Crippen molar-refractivity contribution in [2.24, 2.45) is 0 Å². The van der Waals surface area contributed by atoms with Crippen LogP contribution in [-0.2, 0) is 0 Å². The summed E-state index contributed by atoms with van der Waals surface area (Å²) in [5.41, 5.74) is -0.663. The van der Waals surface area contributed by atoms with Crippen LogP contribution in [-0.4, -0.2) is 28.9 Å². The number of carbonyl (C=O) groups excluding carboxylic acids is 1. The van der Waals surface area contributed by atoms with E-state index in [0.29, 0.717) is 18.1 Å². The lowest BCUT2D eigenvalue weighted by Crippen LogP contribution is -2.26. The van der Waals surface area contributed by atoms with Gasteiger partial charge in [-0.05, 0) is 6.07 Å². The van der Waals surface area contributed by atoms with Gasteiger partial charge in [-0.1, -0.05) is 5.92 Å². The first kappa shape index (κ1) is 15.0. The number of amides is 1. The zero-order chi connectivity index (χ0) is 14.3. The molecule has 0 atom stereocenters. The molecule has 5 nitrogen and oxygen atoms in total. The van der Waals surface area contributed by atoms with Gasteiger partial charge in [0.15, 0.2) is 0 Å². The van der Waals surface area contributed by atoms with Gasteiger partial charge < -0.3 is 5.32 Å². The van der Waals surface area contributed by atoms with Crippen LogP contribution in [0.4, 0.5) is 10.1 Å². The van der Waals surface area contributed by atoms with Crippen LogP contribution in [0.25, 0.3) is 0 Å². The summed E-state index contributed by atoms with van der Waals surface area (Å²) in [6.45, 7) is 0.313. The molecule has 0 aliphatic rings. The molecule has 1 rings (SSSR count). The second-order valence-corrected chi connectivity index (χ2v) is 4.54. The maximum atomic E-state index is 13.4. The summed E-state index contributed by atoms with van der Waals surface area (Å²) in [5.74, 6) is 2.08. The molecular weight excluding hydrogens is 271 g/mol. The van der Waals surface area contributed by atoms with Gasteiger partial charge in [0, 0.05) is 24.4 Å². The highest BCUT2D eigenvalue weighted by Crippen LogP contribution is 2.16. The highest BCUT2D eigenvalue weighted by Gasteiger charge is 2.16. The number of non-ortho nitro benzene ring substituents is 1. The summed E-state index contributed by atoms with van der Waals surface area (Å²) in [5, 5.41) is 13.0. The molecule has 0 fully saturated rings. The van der Waals surface area contributed by atoms with E-state index in [2.05, 4.69) is 11.2 Å². The summed E-state index contributed by atoms with van der Waals surface area (Å²) in [6.07, 6.45) is 5.05. The van der Waals surface area contributed by atoms with Crippen LogP contribution in [0.3, 0.4) is 0 Å². The van der Waals surface area contributed by atoms with E-state index in [1.165, 1.54) is 11.8 Å². The molecule has 0 radical (unpaired) electrons. The molecular formula is C12H11FN2O3S. The minimum absolute atomic E-state index is 0.313.